The minimum atomic E-state index is -0.295. The smallest absolute Gasteiger partial charge is 0.142 e. The van der Waals surface area contributed by atoms with Crippen LogP contribution in [0.4, 0.5) is 5.69 Å². The zero-order chi connectivity index (χ0) is 12.3. The van der Waals surface area contributed by atoms with E-state index in [-0.39, 0.29) is 6.04 Å². The average molecular weight is 253 g/mol. The van der Waals surface area contributed by atoms with Crippen molar-refractivity contribution in [3.05, 3.63) is 23.2 Å². The van der Waals surface area contributed by atoms with Gasteiger partial charge in [0.25, 0.3) is 0 Å². The lowest BCUT2D eigenvalue weighted by atomic mass is 10.2. The third-order valence-corrected chi connectivity index (χ3v) is 2.96. The summed E-state index contributed by atoms with van der Waals surface area (Å²) in [4.78, 5) is 1.97. The molecule has 0 saturated carbocycles. The number of rotatable bonds is 2. The molecular weight excluding hydrogens is 240 g/mol. The Morgan fingerprint density at radius 1 is 1.59 bits per heavy atom. The van der Waals surface area contributed by atoms with Crippen LogP contribution >= 0.6 is 11.6 Å². The van der Waals surface area contributed by atoms with Gasteiger partial charge in [0.15, 0.2) is 0 Å². The van der Waals surface area contributed by atoms with E-state index in [1.165, 1.54) is 0 Å². The Morgan fingerprint density at radius 2 is 2.41 bits per heavy atom. The van der Waals surface area contributed by atoms with Gasteiger partial charge in [0.05, 0.1) is 32.1 Å². The molecule has 1 aromatic rings. The lowest BCUT2D eigenvalue weighted by Crippen LogP contribution is -2.44. The standard InChI is InChI=1S/C12H13ClN2O2/c1-16-12-3-2-9(13)6-11(12)15-4-5-17-8-10(15)7-14/h2-3,6,10H,4-5,8H2,1H3. The van der Waals surface area contributed by atoms with Crippen LogP contribution in [0.5, 0.6) is 5.75 Å². The predicted octanol–water partition coefficient (Wildman–Crippen LogP) is 2.08. The maximum absolute atomic E-state index is 9.11. The summed E-state index contributed by atoms with van der Waals surface area (Å²) in [6, 6.07) is 7.32. The van der Waals surface area contributed by atoms with E-state index < -0.39 is 0 Å². The van der Waals surface area contributed by atoms with Crippen LogP contribution in [0.3, 0.4) is 0 Å². The van der Waals surface area contributed by atoms with Crippen molar-refractivity contribution >= 4 is 17.3 Å². The average Bonchev–Trinajstić information content (AvgIpc) is 2.38. The molecule has 17 heavy (non-hydrogen) atoms. The number of anilines is 1. The van der Waals surface area contributed by atoms with E-state index >= 15 is 0 Å². The van der Waals surface area contributed by atoms with Gasteiger partial charge in [-0.1, -0.05) is 11.6 Å². The molecule has 1 unspecified atom stereocenters. The first-order valence-electron chi connectivity index (χ1n) is 5.34. The molecule has 1 aromatic carbocycles. The van der Waals surface area contributed by atoms with Gasteiger partial charge in [0.1, 0.15) is 11.8 Å². The normalized spacial score (nSPS) is 19.8. The zero-order valence-electron chi connectivity index (χ0n) is 9.52. The van der Waals surface area contributed by atoms with Gasteiger partial charge in [-0.2, -0.15) is 5.26 Å². The number of hydrogen-bond donors (Lipinski definition) is 0. The Bertz CT molecular complexity index is 445. The van der Waals surface area contributed by atoms with E-state index in [0.29, 0.717) is 24.8 Å². The molecule has 0 amide bonds. The number of methoxy groups -OCH3 is 1. The fourth-order valence-electron chi connectivity index (χ4n) is 1.89. The summed E-state index contributed by atoms with van der Waals surface area (Å²) < 4.78 is 10.6. The monoisotopic (exact) mass is 252 g/mol. The van der Waals surface area contributed by atoms with Gasteiger partial charge in [-0.15, -0.1) is 0 Å². The van der Waals surface area contributed by atoms with E-state index in [0.717, 1.165) is 11.4 Å². The van der Waals surface area contributed by atoms with Crippen molar-refractivity contribution in [2.45, 2.75) is 6.04 Å². The Hall–Kier alpha value is -1.44. The molecule has 0 spiro atoms. The maximum Gasteiger partial charge on any atom is 0.142 e. The molecule has 5 heteroatoms. The molecular formula is C12H13ClN2O2. The molecule has 0 aromatic heterocycles. The number of ether oxygens (including phenoxy) is 2. The van der Waals surface area contributed by atoms with E-state index in [1.54, 1.807) is 13.2 Å². The minimum Gasteiger partial charge on any atom is -0.495 e. The van der Waals surface area contributed by atoms with Gasteiger partial charge >= 0.3 is 0 Å². The van der Waals surface area contributed by atoms with Gasteiger partial charge in [0.2, 0.25) is 0 Å². The lowest BCUT2D eigenvalue weighted by Gasteiger charge is -2.34. The molecule has 0 aliphatic carbocycles. The summed E-state index contributed by atoms with van der Waals surface area (Å²) in [6.45, 7) is 1.68. The van der Waals surface area contributed by atoms with Crippen molar-refractivity contribution in [1.82, 2.24) is 0 Å². The Balaban J connectivity index is 2.37. The molecule has 2 rings (SSSR count). The minimum absolute atomic E-state index is 0.295. The van der Waals surface area contributed by atoms with Crippen molar-refractivity contribution in [3.8, 4) is 11.8 Å². The summed E-state index contributed by atoms with van der Waals surface area (Å²) in [6.07, 6.45) is 0. The Labute approximate surface area is 105 Å². The van der Waals surface area contributed by atoms with E-state index in [1.807, 2.05) is 17.0 Å². The number of halogens is 1. The first-order chi connectivity index (χ1) is 8.26. The van der Waals surface area contributed by atoms with Gasteiger partial charge in [-0.25, -0.2) is 0 Å². The third-order valence-electron chi connectivity index (χ3n) is 2.73. The highest BCUT2D eigenvalue weighted by atomic mass is 35.5. The van der Waals surface area contributed by atoms with Crippen molar-refractivity contribution in [1.29, 1.82) is 5.26 Å². The van der Waals surface area contributed by atoms with Crippen LogP contribution in [0.25, 0.3) is 0 Å². The molecule has 1 atom stereocenters. The van der Waals surface area contributed by atoms with Crippen molar-refractivity contribution in [3.63, 3.8) is 0 Å². The summed E-state index contributed by atoms with van der Waals surface area (Å²) in [5, 5.41) is 9.74. The SMILES string of the molecule is COc1ccc(Cl)cc1N1CCOCC1C#N. The lowest BCUT2D eigenvalue weighted by molar-refractivity contribution is 0.107. The molecule has 1 aliphatic rings. The summed E-state index contributed by atoms with van der Waals surface area (Å²) >= 11 is 5.99. The maximum atomic E-state index is 9.11. The summed E-state index contributed by atoms with van der Waals surface area (Å²) in [7, 11) is 1.61. The van der Waals surface area contributed by atoms with Gasteiger partial charge in [-0.3, -0.25) is 0 Å². The second-order valence-corrected chi connectivity index (χ2v) is 4.17. The van der Waals surface area contributed by atoms with E-state index in [2.05, 4.69) is 6.07 Å². The number of nitriles is 1. The molecule has 4 nitrogen and oxygen atoms in total. The van der Waals surface area contributed by atoms with Crippen molar-refractivity contribution in [2.24, 2.45) is 0 Å². The molecule has 0 bridgehead atoms. The third kappa shape index (κ3) is 2.46. The van der Waals surface area contributed by atoms with Crippen LogP contribution in [0.15, 0.2) is 18.2 Å². The van der Waals surface area contributed by atoms with Crippen LogP contribution in [0.1, 0.15) is 0 Å². The number of nitrogens with zero attached hydrogens (tertiary/aromatic N) is 2. The number of benzene rings is 1. The second kappa shape index (κ2) is 5.26. The molecule has 1 saturated heterocycles. The van der Waals surface area contributed by atoms with Crippen molar-refractivity contribution in [2.75, 3.05) is 31.8 Å². The quantitative estimate of drug-likeness (QED) is 0.809. The fourth-order valence-corrected chi connectivity index (χ4v) is 2.05. The van der Waals surface area contributed by atoms with Gasteiger partial charge in [0, 0.05) is 11.6 Å². The largest absolute Gasteiger partial charge is 0.495 e. The van der Waals surface area contributed by atoms with Gasteiger partial charge in [-0.05, 0) is 18.2 Å². The van der Waals surface area contributed by atoms with E-state index in [4.69, 9.17) is 26.3 Å². The van der Waals surface area contributed by atoms with Crippen LogP contribution < -0.4 is 9.64 Å². The molecule has 90 valence electrons. The fraction of sp³-hybridized carbons (Fsp3) is 0.417. The number of morpholine rings is 1. The summed E-state index contributed by atoms with van der Waals surface area (Å²) in [5.41, 5.74) is 0.842. The highest BCUT2D eigenvalue weighted by Crippen LogP contribution is 2.33. The van der Waals surface area contributed by atoms with Crippen LogP contribution in [0.2, 0.25) is 5.02 Å². The van der Waals surface area contributed by atoms with Crippen molar-refractivity contribution < 1.29 is 9.47 Å². The van der Waals surface area contributed by atoms with Gasteiger partial charge < -0.3 is 14.4 Å². The first-order valence-corrected chi connectivity index (χ1v) is 5.71. The molecule has 0 N–H and O–H groups in total. The van der Waals surface area contributed by atoms with Crippen LogP contribution in [-0.2, 0) is 4.74 Å². The highest BCUT2D eigenvalue weighted by molar-refractivity contribution is 6.30. The topological polar surface area (TPSA) is 45.5 Å². The molecule has 1 aliphatic heterocycles. The first kappa shape index (κ1) is 12.0. The van der Waals surface area contributed by atoms with E-state index in [9.17, 15) is 0 Å². The molecule has 0 radical (unpaired) electrons. The number of hydrogen-bond acceptors (Lipinski definition) is 4. The highest BCUT2D eigenvalue weighted by Gasteiger charge is 2.25. The zero-order valence-corrected chi connectivity index (χ0v) is 10.3. The van der Waals surface area contributed by atoms with Crippen LogP contribution in [-0.4, -0.2) is 32.9 Å². The summed E-state index contributed by atoms with van der Waals surface area (Å²) in [5.74, 6) is 0.719. The second-order valence-electron chi connectivity index (χ2n) is 3.73. The Morgan fingerprint density at radius 3 is 3.12 bits per heavy atom. The molecule has 1 heterocycles. The molecule has 1 fully saturated rings. The Kier molecular flexibility index (Phi) is 3.72. The van der Waals surface area contributed by atoms with Crippen LogP contribution in [0, 0.1) is 11.3 Å². The predicted molar refractivity (Wildman–Crippen MR) is 65.6 cm³/mol.